The average molecular weight is 302 g/mol. The molecule has 0 bridgehead atoms. The number of aliphatic hydroxyl groups excluding tert-OH is 3. The summed E-state index contributed by atoms with van der Waals surface area (Å²) in [6, 6.07) is 0. The number of carbonyl (C=O) groups excluding carboxylic acids is 1. The molecule has 5 nitrogen and oxygen atoms in total. The highest BCUT2D eigenvalue weighted by molar-refractivity contribution is 8.03. The zero-order valence-corrected chi connectivity index (χ0v) is 11.9. The van der Waals surface area contributed by atoms with E-state index in [0.29, 0.717) is 0 Å². The van der Waals surface area contributed by atoms with Gasteiger partial charge in [0.25, 0.3) is 0 Å². The van der Waals surface area contributed by atoms with Crippen LogP contribution in [0.3, 0.4) is 0 Å². The third-order valence-electron chi connectivity index (χ3n) is 2.31. The summed E-state index contributed by atoms with van der Waals surface area (Å²) in [5, 5.41) is 26.5. The van der Waals surface area contributed by atoms with Gasteiger partial charge in [-0.15, -0.1) is 25.3 Å². The van der Waals surface area contributed by atoms with Crippen LogP contribution in [0.1, 0.15) is 12.8 Å². The molecule has 0 aliphatic carbocycles. The van der Waals surface area contributed by atoms with Gasteiger partial charge in [-0.2, -0.15) is 12.6 Å². The summed E-state index contributed by atoms with van der Waals surface area (Å²) in [4.78, 5) is 11.7. The van der Waals surface area contributed by atoms with Crippen LogP contribution in [0.4, 0.5) is 0 Å². The molecule has 17 heavy (non-hydrogen) atoms. The molecular weight excluding hydrogens is 284 g/mol. The Bertz CT molecular complexity index is 241. The van der Waals surface area contributed by atoms with Crippen LogP contribution >= 0.6 is 37.9 Å². The SMILES string of the molecule is O=C(OCCO)C(S)(S)C(S)(CCO)CCO. The van der Waals surface area contributed by atoms with E-state index in [4.69, 9.17) is 20.1 Å². The molecule has 0 aliphatic rings. The molecule has 8 heteroatoms. The van der Waals surface area contributed by atoms with Gasteiger partial charge < -0.3 is 20.1 Å². The van der Waals surface area contributed by atoms with E-state index in [9.17, 15) is 4.79 Å². The second-order valence-corrected chi connectivity index (χ2v) is 6.06. The summed E-state index contributed by atoms with van der Waals surface area (Å²) in [5.74, 6) is -0.768. The molecule has 0 aromatic heterocycles. The molecule has 0 amide bonds. The number of esters is 1. The number of hydrogen-bond acceptors (Lipinski definition) is 8. The lowest BCUT2D eigenvalue weighted by Gasteiger charge is -2.39. The van der Waals surface area contributed by atoms with Crippen molar-refractivity contribution >= 4 is 43.9 Å². The number of carbonyl (C=O) groups is 1. The van der Waals surface area contributed by atoms with Gasteiger partial charge in [0.05, 0.1) is 11.4 Å². The predicted octanol–water partition coefficient (Wildman–Crippen LogP) is -0.489. The maximum absolute atomic E-state index is 11.7. The van der Waals surface area contributed by atoms with Gasteiger partial charge in [-0.3, -0.25) is 0 Å². The van der Waals surface area contributed by atoms with Gasteiger partial charge in [0.1, 0.15) is 6.61 Å². The van der Waals surface area contributed by atoms with E-state index >= 15 is 0 Å². The Balaban J connectivity index is 4.86. The third-order valence-corrected chi connectivity index (χ3v) is 4.67. The largest absolute Gasteiger partial charge is 0.462 e. The predicted molar refractivity (Wildman–Crippen MR) is 73.9 cm³/mol. The van der Waals surface area contributed by atoms with Crippen molar-refractivity contribution in [2.75, 3.05) is 26.4 Å². The van der Waals surface area contributed by atoms with E-state index in [1.54, 1.807) is 0 Å². The molecule has 0 fully saturated rings. The third kappa shape index (κ3) is 4.53. The molecule has 0 radical (unpaired) electrons. The van der Waals surface area contributed by atoms with Crippen molar-refractivity contribution < 1.29 is 24.9 Å². The molecule has 3 N–H and O–H groups in total. The topological polar surface area (TPSA) is 87.0 Å². The van der Waals surface area contributed by atoms with Crippen molar-refractivity contribution in [2.24, 2.45) is 0 Å². The smallest absolute Gasteiger partial charge is 0.333 e. The number of ether oxygens (including phenoxy) is 1. The highest BCUT2D eigenvalue weighted by Crippen LogP contribution is 2.44. The van der Waals surface area contributed by atoms with Crippen molar-refractivity contribution in [1.82, 2.24) is 0 Å². The summed E-state index contributed by atoms with van der Waals surface area (Å²) in [6.07, 6.45) is 0.246. The van der Waals surface area contributed by atoms with Crippen LogP contribution in [-0.2, 0) is 9.53 Å². The van der Waals surface area contributed by atoms with Gasteiger partial charge in [-0.1, -0.05) is 0 Å². The second kappa shape index (κ2) is 7.75. The fourth-order valence-electron chi connectivity index (χ4n) is 1.27. The monoisotopic (exact) mass is 302 g/mol. The molecule has 0 aromatic carbocycles. The van der Waals surface area contributed by atoms with Crippen molar-refractivity contribution in [3.63, 3.8) is 0 Å². The van der Waals surface area contributed by atoms with Gasteiger partial charge in [0.2, 0.25) is 0 Å². The second-order valence-electron chi connectivity index (χ2n) is 3.51. The number of rotatable bonds is 8. The van der Waals surface area contributed by atoms with Crippen LogP contribution in [0.2, 0.25) is 0 Å². The number of hydrogen-bond donors (Lipinski definition) is 6. The first-order valence-corrected chi connectivity index (χ1v) is 6.37. The van der Waals surface area contributed by atoms with Crippen LogP contribution < -0.4 is 0 Å². The quantitative estimate of drug-likeness (QED) is 0.207. The summed E-state index contributed by atoms with van der Waals surface area (Å²) in [6.45, 7) is -0.911. The molecule has 0 aromatic rings. The highest BCUT2D eigenvalue weighted by atomic mass is 32.2. The molecule has 102 valence electrons. The van der Waals surface area contributed by atoms with Crippen LogP contribution in [-0.4, -0.2) is 56.5 Å². The first kappa shape index (κ1) is 17.4. The molecule has 0 atom stereocenters. The van der Waals surface area contributed by atoms with E-state index in [1.807, 2.05) is 0 Å². The van der Waals surface area contributed by atoms with Crippen molar-refractivity contribution in [2.45, 2.75) is 21.7 Å². The van der Waals surface area contributed by atoms with Crippen molar-refractivity contribution in [3.8, 4) is 0 Å². The summed E-state index contributed by atoms with van der Waals surface area (Å²) >= 11 is 12.5. The molecule has 0 saturated carbocycles. The molecule has 0 spiro atoms. The Morgan fingerprint density at radius 1 is 1.00 bits per heavy atom. The molecule has 0 saturated heterocycles. The van der Waals surface area contributed by atoms with Crippen LogP contribution in [0.25, 0.3) is 0 Å². The zero-order chi connectivity index (χ0) is 13.5. The molecule has 0 heterocycles. The fourth-order valence-corrected chi connectivity index (χ4v) is 2.14. The highest BCUT2D eigenvalue weighted by Gasteiger charge is 2.50. The van der Waals surface area contributed by atoms with E-state index in [1.165, 1.54) is 0 Å². The minimum Gasteiger partial charge on any atom is -0.462 e. The minimum atomic E-state index is -1.57. The normalized spacial score (nSPS) is 12.6. The number of thiol groups is 3. The van der Waals surface area contributed by atoms with Gasteiger partial charge in [-0.25, -0.2) is 4.79 Å². The standard InChI is InChI=1S/C9H18O5S3/c10-3-1-8(15,2-4-11)9(16,17)7(13)14-6-5-12/h10-12,15-17H,1-6H2. The number of aliphatic hydroxyl groups is 3. The van der Waals surface area contributed by atoms with Crippen molar-refractivity contribution in [3.05, 3.63) is 0 Å². The average Bonchev–Trinajstić information content (AvgIpc) is 2.26. The molecule has 0 unspecified atom stereocenters. The Hall–Kier alpha value is 0.400. The van der Waals surface area contributed by atoms with E-state index < -0.39 is 14.8 Å². The first-order chi connectivity index (χ1) is 7.85. The zero-order valence-electron chi connectivity index (χ0n) is 9.24. The Kier molecular flexibility index (Phi) is 7.93. The van der Waals surface area contributed by atoms with Gasteiger partial charge in [-0.05, 0) is 12.8 Å². The summed E-state index contributed by atoms with van der Waals surface area (Å²) < 4.78 is 2.05. The summed E-state index contributed by atoms with van der Waals surface area (Å²) in [5.41, 5.74) is 0. The summed E-state index contributed by atoms with van der Waals surface area (Å²) in [7, 11) is 0. The minimum absolute atomic E-state index is 0.123. The lowest BCUT2D eigenvalue weighted by atomic mass is 9.95. The maximum atomic E-state index is 11.7. The van der Waals surface area contributed by atoms with Crippen LogP contribution in [0, 0.1) is 0 Å². The first-order valence-electron chi connectivity index (χ1n) is 5.02. The molecular formula is C9H18O5S3. The van der Waals surface area contributed by atoms with Gasteiger partial charge >= 0.3 is 5.97 Å². The Morgan fingerprint density at radius 3 is 1.82 bits per heavy atom. The molecule has 0 rings (SSSR count). The van der Waals surface area contributed by atoms with Gasteiger partial charge in [0, 0.05) is 13.2 Å². The van der Waals surface area contributed by atoms with Crippen LogP contribution in [0.5, 0.6) is 0 Å². The lowest BCUT2D eigenvalue weighted by Crippen LogP contribution is -2.50. The van der Waals surface area contributed by atoms with E-state index in [2.05, 4.69) is 37.9 Å². The van der Waals surface area contributed by atoms with E-state index in [0.717, 1.165) is 0 Å². The lowest BCUT2D eigenvalue weighted by molar-refractivity contribution is -0.145. The van der Waals surface area contributed by atoms with E-state index in [-0.39, 0.29) is 39.3 Å². The Labute approximate surface area is 117 Å². The molecule has 0 aliphatic heterocycles. The van der Waals surface area contributed by atoms with Crippen molar-refractivity contribution in [1.29, 1.82) is 0 Å². The fraction of sp³-hybridized carbons (Fsp3) is 0.889. The van der Waals surface area contributed by atoms with Gasteiger partial charge in [0.15, 0.2) is 4.08 Å². The van der Waals surface area contributed by atoms with Crippen LogP contribution in [0.15, 0.2) is 0 Å². The Morgan fingerprint density at radius 2 is 1.47 bits per heavy atom. The maximum Gasteiger partial charge on any atom is 0.333 e.